The zero-order valence-electron chi connectivity index (χ0n) is 8.95. The number of hydrogen-bond donors (Lipinski definition) is 1. The van der Waals surface area contributed by atoms with Crippen molar-refractivity contribution < 1.29 is 9.90 Å². The zero-order valence-corrected chi connectivity index (χ0v) is 9.77. The van der Waals surface area contributed by atoms with Crippen LogP contribution in [0.5, 0.6) is 0 Å². The van der Waals surface area contributed by atoms with E-state index < -0.39 is 0 Å². The Hall–Kier alpha value is -0.480. The minimum atomic E-state index is 0.119. The van der Waals surface area contributed by atoms with Crippen LogP contribution in [0.1, 0.15) is 13.8 Å². The Balaban J connectivity index is 3.85. The van der Waals surface area contributed by atoms with Gasteiger partial charge in [0.25, 0.3) is 0 Å². The summed E-state index contributed by atoms with van der Waals surface area (Å²) in [4.78, 5) is 13.3. The lowest BCUT2D eigenvalue weighted by Crippen LogP contribution is -2.33. The number of carbonyl (C=O) groups excluding carboxylic acids is 1. The summed E-state index contributed by atoms with van der Waals surface area (Å²) >= 11 is 1.46. The molecule has 0 aliphatic heterocycles. The van der Waals surface area contributed by atoms with Gasteiger partial charge in [-0.3, -0.25) is 4.79 Å². The van der Waals surface area contributed by atoms with Gasteiger partial charge in [0.2, 0.25) is 5.91 Å². The highest BCUT2D eigenvalue weighted by molar-refractivity contribution is 7.99. The summed E-state index contributed by atoms with van der Waals surface area (Å²) in [6.45, 7) is 9.13. The molecule has 1 N–H and O–H groups in total. The van der Waals surface area contributed by atoms with Crippen molar-refractivity contribution in [2.75, 3.05) is 31.2 Å². The third-order valence-electron chi connectivity index (χ3n) is 1.66. The Bertz CT molecular complexity index is 195. The molecule has 0 atom stereocenters. The molecule has 0 spiro atoms. The smallest absolute Gasteiger partial charge is 0.232 e. The van der Waals surface area contributed by atoms with Gasteiger partial charge >= 0.3 is 0 Å². The predicted molar refractivity (Wildman–Crippen MR) is 61.5 cm³/mol. The van der Waals surface area contributed by atoms with Crippen molar-refractivity contribution in [3.05, 3.63) is 12.2 Å². The second-order valence-electron chi connectivity index (χ2n) is 3.14. The maximum absolute atomic E-state index is 11.6. The van der Waals surface area contributed by atoms with E-state index in [0.29, 0.717) is 24.6 Å². The number of nitrogens with zero attached hydrogens (tertiary/aromatic N) is 1. The molecule has 0 aliphatic rings. The van der Waals surface area contributed by atoms with Gasteiger partial charge in [-0.05, 0) is 13.8 Å². The first-order chi connectivity index (χ1) is 6.61. The summed E-state index contributed by atoms with van der Waals surface area (Å²) in [6.07, 6.45) is 0. The second-order valence-corrected chi connectivity index (χ2v) is 4.25. The van der Waals surface area contributed by atoms with Crippen molar-refractivity contribution in [2.45, 2.75) is 13.8 Å². The van der Waals surface area contributed by atoms with E-state index in [0.717, 1.165) is 5.57 Å². The monoisotopic (exact) mass is 217 g/mol. The van der Waals surface area contributed by atoms with Crippen molar-refractivity contribution >= 4 is 17.7 Å². The molecule has 1 amide bonds. The molecular formula is C10H19NO2S. The Morgan fingerprint density at radius 3 is 2.64 bits per heavy atom. The first-order valence-corrected chi connectivity index (χ1v) is 5.88. The topological polar surface area (TPSA) is 40.5 Å². The number of aliphatic hydroxyl groups is 1. The zero-order chi connectivity index (χ0) is 11.0. The highest BCUT2D eigenvalue weighted by Crippen LogP contribution is 2.03. The quantitative estimate of drug-likeness (QED) is 0.513. The molecule has 82 valence electrons. The maximum atomic E-state index is 11.6. The van der Waals surface area contributed by atoms with Crippen molar-refractivity contribution in [1.82, 2.24) is 4.90 Å². The third-order valence-corrected chi connectivity index (χ3v) is 2.58. The molecule has 0 saturated carbocycles. The summed E-state index contributed by atoms with van der Waals surface area (Å²) < 4.78 is 0. The highest BCUT2D eigenvalue weighted by atomic mass is 32.2. The molecular weight excluding hydrogens is 198 g/mol. The normalized spacial score (nSPS) is 9.93. The van der Waals surface area contributed by atoms with Crippen LogP contribution in [-0.2, 0) is 4.79 Å². The number of hydrogen-bond acceptors (Lipinski definition) is 3. The summed E-state index contributed by atoms with van der Waals surface area (Å²) in [5.74, 6) is 1.19. The largest absolute Gasteiger partial charge is 0.396 e. The molecule has 0 fully saturated rings. The number of rotatable bonds is 7. The Morgan fingerprint density at radius 1 is 1.57 bits per heavy atom. The molecule has 0 saturated heterocycles. The van der Waals surface area contributed by atoms with Crippen molar-refractivity contribution in [3.63, 3.8) is 0 Å². The van der Waals surface area contributed by atoms with E-state index in [1.54, 1.807) is 4.90 Å². The van der Waals surface area contributed by atoms with Gasteiger partial charge in [0, 0.05) is 18.8 Å². The fraction of sp³-hybridized carbons (Fsp3) is 0.700. The molecule has 0 rings (SSSR count). The van der Waals surface area contributed by atoms with Gasteiger partial charge in [-0.25, -0.2) is 0 Å². The van der Waals surface area contributed by atoms with E-state index in [-0.39, 0.29) is 12.5 Å². The molecule has 0 aromatic heterocycles. The number of thioether (sulfide) groups is 1. The fourth-order valence-corrected chi connectivity index (χ4v) is 1.65. The van der Waals surface area contributed by atoms with Crippen LogP contribution in [0.2, 0.25) is 0 Å². The molecule has 0 aromatic rings. The standard InChI is InChI=1S/C10H19NO2S/c1-4-11(7-9(2)3)10(13)8-14-6-5-12/h12H,2,4-8H2,1,3H3. The van der Waals surface area contributed by atoms with Crippen LogP contribution in [0.3, 0.4) is 0 Å². The lowest BCUT2D eigenvalue weighted by molar-refractivity contribution is -0.127. The van der Waals surface area contributed by atoms with Crippen LogP contribution in [0.4, 0.5) is 0 Å². The average molecular weight is 217 g/mol. The van der Waals surface area contributed by atoms with Crippen molar-refractivity contribution in [1.29, 1.82) is 0 Å². The average Bonchev–Trinajstić information content (AvgIpc) is 2.14. The minimum Gasteiger partial charge on any atom is -0.396 e. The van der Waals surface area contributed by atoms with E-state index in [2.05, 4.69) is 6.58 Å². The lowest BCUT2D eigenvalue weighted by atomic mass is 10.3. The molecule has 0 unspecified atom stereocenters. The Labute approximate surface area is 90.2 Å². The van der Waals surface area contributed by atoms with E-state index in [1.165, 1.54) is 11.8 Å². The third kappa shape index (κ3) is 6.05. The Morgan fingerprint density at radius 2 is 2.21 bits per heavy atom. The van der Waals surface area contributed by atoms with Gasteiger partial charge in [-0.1, -0.05) is 12.2 Å². The molecule has 0 radical (unpaired) electrons. The van der Waals surface area contributed by atoms with Crippen LogP contribution in [0.15, 0.2) is 12.2 Å². The first-order valence-electron chi connectivity index (χ1n) is 4.72. The molecule has 0 heterocycles. The van der Waals surface area contributed by atoms with Crippen LogP contribution >= 0.6 is 11.8 Å². The van der Waals surface area contributed by atoms with Crippen molar-refractivity contribution in [3.8, 4) is 0 Å². The van der Waals surface area contributed by atoms with Crippen molar-refractivity contribution in [2.24, 2.45) is 0 Å². The van der Waals surface area contributed by atoms with E-state index in [4.69, 9.17) is 5.11 Å². The van der Waals surface area contributed by atoms with E-state index in [9.17, 15) is 4.79 Å². The molecule has 3 nitrogen and oxygen atoms in total. The minimum absolute atomic E-state index is 0.119. The molecule has 14 heavy (non-hydrogen) atoms. The van der Waals surface area contributed by atoms with E-state index in [1.807, 2.05) is 13.8 Å². The summed E-state index contributed by atoms with van der Waals surface area (Å²) in [7, 11) is 0. The van der Waals surface area contributed by atoms with Crippen LogP contribution < -0.4 is 0 Å². The number of likely N-dealkylation sites (N-methyl/N-ethyl adjacent to an activating group) is 1. The number of amides is 1. The van der Waals surface area contributed by atoms with Gasteiger partial charge in [0.1, 0.15) is 0 Å². The highest BCUT2D eigenvalue weighted by Gasteiger charge is 2.10. The van der Waals surface area contributed by atoms with E-state index >= 15 is 0 Å². The lowest BCUT2D eigenvalue weighted by Gasteiger charge is -2.20. The summed E-state index contributed by atoms with van der Waals surface area (Å²) in [5.41, 5.74) is 0.993. The number of carbonyl (C=O) groups is 1. The molecule has 0 bridgehead atoms. The van der Waals surface area contributed by atoms with Gasteiger partial charge in [0.15, 0.2) is 0 Å². The van der Waals surface area contributed by atoms with Gasteiger partial charge in [0.05, 0.1) is 12.4 Å². The fourth-order valence-electron chi connectivity index (χ4n) is 1.02. The second kappa shape index (κ2) is 7.88. The summed E-state index contributed by atoms with van der Waals surface area (Å²) in [6, 6.07) is 0. The first kappa shape index (κ1) is 13.5. The SMILES string of the molecule is C=C(C)CN(CC)C(=O)CSCCO. The molecule has 0 aromatic carbocycles. The molecule has 0 aliphatic carbocycles. The molecule has 4 heteroatoms. The van der Waals surface area contributed by atoms with Crippen LogP contribution in [0, 0.1) is 0 Å². The van der Waals surface area contributed by atoms with Crippen LogP contribution in [-0.4, -0.2) is 47.1 Å². The van der Waals surface area contributed by atoms with Crippen LogP contribution in [0.25, 0.3) is 0 Å². The summed E-state index contributed by atoms with van der Waals surface area (Å²) in [5, 5.41) is 8.56. The van der Waals surface area contributed by atoms with Gasteiger partial charge in [-0.2, -0.15) is 0 Å². The van der Waals surface area contributed by atoms with Gasteiger partial charge in [-0.15, -0.1) is 11.8 Å². The number of aliphatic hydroxyl groups excluding tert-OH is 1. The Kier molecular flexibility index (Phi) is 7.61. The van der Waals surface area contributed by atoms with Gasteiger partial charge < -0.3 is 10.0 Å². The maximum Gasteiger partial charge on any atom is 0.232 e. The predicted octanol–water partition coefficient (Wildman–Crippen LogP) is 1.14.